The molecule has 1 heterocycles. The SMILES string of the molecule is COc1ccc(C(C)NCCn2cccn2)c(O)c1. The number of benzene rings is 1. The van der Waals surface area contributed by atoms with Crippen LogP contribution in [0.5, 0.6) is 11.5 Å². The third-order valence-corrected chi connectivity index (χ3v) is 3.05. The van der Waals surface area contributed by atoms with Crippen molar-refractivity contribution in [3.05, 3.63) is 42.2 Å². The largest absolute Gasteiger partial charge is 0.507 e. The van der Waals surface area contributed by atoms with Crippen LogP contribution in [0.15, 0.2) is 36.7 Å². The Morgan fingerprint density at radius 1 is 1.47 bits per heavy atom. The van der Waals surface area contributed by atoms with Crippen molar-refractivity contribution in [3.63, 3.8) is 0 Å². The Kier molecular flexibility index (Phi) is 4.41. The molecular formula is C14H19N3O2. The molecular weight excluding hydrogens is 242 g/mol. The Hall–Kier alpha value is -2.01. The highest BCUT2D eigenvalue weighted by Gasteiger charge is 2.10. The highest BCUT2D eigenvalue weighted by Crippen LogP contribution is 2.28. The minimum absolute atomic E-state index is 0.0708. The number of nitrogens with one attached hydrogen (secondary N) is 1. The van der Waals surface area contributed by atoms with Gasteiger partial charge < -0.3 is 15.2 Å². The summed E-state index contributed by atoms with van der Waals surface area (Å²) in [6, 6.07) is 7.32. The number of nitrogens with zero attached hydrogens (tertiary/aromatic N) is 2. The summed E-state index contributed by atoms with van der Waals surface area (Å²) >= 11 is 0. The molecule has 0 aliphatic rings. The Labute approximate surface area is 112 Å². The lowest BCUT2D eigenvalue weighted by atomic mass is 10.1. The van der Waals surface area contributed by atoms with Gasteiger partial charge in [-0.2, -0.15) is 5.10 Å². The van der Waals surface area contributed by atoms with Crippen LogP contribution in [0.3, 0.4) is 0 Å². The van der Waals surface area contributed by atoms with E-state index in [1.807, 2.05) is 36.0 Å². The zero-order valence-electron chi connectivity index (χ0n) is 11.2. The van der Waals surface area contributed by atoms with Gasteiger partial charge in [0, 0.05) is 36.6 Å². The summed E-state index contributed by atoms with van der Waals surface area (Å²) in [5, 5.41) is 17.4. The van der Waals surface area contributed by atoms with Crippen molar-refractivity contribution in [2.45, 2.75) is 19.5 Å². The van der Waals surface area contributed by atoms with Gasteiger partial charge in [0.15, 0.2) is 0 Å². The van der Waals surface area contributed by atoms with E-state index in [1.54, 1.807) is 19.4 Å². The van der Waals surface area contributed by atoms with Crippen LogP contribution in [0.1, 0.15) is 18.5 Å². The monoisotopic (exact) mass is 261 g/mol. The lowest BCUT2D eigenvalue weighted by molar-refractivity contribution is 0.403. The van der Waals surface area contributed by atoms with Gasteiger partial charge in [-0.05, 0) is 19.1 Å². The molecule has 1 aromatic carbocycles. The third kappa shape index (κ3) is 3.48. The predicted molar refractivity (Wildman–Crippen MR) is 73.3 cm³/mol. The fourth-order valence-corrected chi connectivity index (χ4v) is 1.95. The molecule has 0 aliphatic carbocycles. The summed E-state index contributed by atoms with van der Waals surface area (Å²) in [6.45, 7) is 3.60. The summed E-state index contributed by atoms with van der Waals surface area (Å²) < 4.78 is 6.94. The number of methoxy groups -OCH3 is 1. The van der Waals surface area contributed by atoms with Crippen molar-refractivity contribution >= 4 is 0 Å². The van der Waals surface area contributed by atoms with Crippen LogP contribution in [0.25, 0.3) is 0 Å². The lowest BCUT2D eigenvalue weighted by Gasteiger charge is -2.16. The second-order valence-corrected chi connectivity index (χ2v) is 4.37. The molecule has 1 unspecified atom stereocenters. The van der Waals surface area contributed by atoms with Crippen molar-refractivity contribution in [1.82, 2.24) is 15.1 Å². The van der Waals surface area contributed by atoms with E-state index in [0.717, 1.165) is 18.7 Å². The van der Waals surface area contributed by atoms with Crippen LogP contribution in [0, 0.1) is 0 Å². The maximum absolute atomic E-state index is 9.94. The van der Waals surface area contributed by atoms with Gasteiger partial charge in [-0.25, -0.2) is 0 Å². The predicted octanol–water partition coefficient (Wildman–Crippen LogP) is 1.95. The molecule has 102 valence electrons. The number of rotatable bonds is 6. The summed E-state index contributed by atoms with van der Waals surface area (Å²) in [5.41, 5.74) is 0.862. The molecule has 0 spiro atoms. The van der Waals surface area contributed by atoms with E-state index in [1.165, 1.54) is 0 Å². The van der Waals surface area contributed by atoms with E-state index in [4.69, 9.17) is 4.74 Å². The summed E-state index contributed by atoms with van der Waals surface area (Å²) in [6.07, 6.45) is 3.69. The average molecular weight is 261 g/mol. The van der Waals surface area contributed by atoms with Gasteiger partial charge in [-0.1, -0.05) is 6.07 Å². The molecule has 2 aromatic rings. The Morgan fingerprint density at radius 2 is 2.32 bits per heavy atom. The summed E-state index contributed by atoms with van der Waals surface area (Å²) in [5.74, 6) is 0.906. The van der Waals surface area contributed by atoms with Crippen LogP contribution in [-0.2, 0) is 6.54 Å². The van der Waals surface area contributed by atoms with E-state index in [9.17, 15) is 5.11 Å². The minimum atomic E-state index is 0.0708. The Morgan fingerprint density at radius 3 is 2.95 bits per heavy atom. The number of ether oxygens (including phenoxy) is 1. The van der Waals surface area contributed by atoms with Crippen LogP contribution in [0.2, 0.25) is 0 Å². The molecule has 1 atom stereocenters. The van der Waals surface area contributed by atoms with Crippen LogP contribution >= 0.6 is 0 Å². The highest BCUT2D eigenvalue weighted by molar-refractivity contribution is 5.41. The molecule has 0 fully saturated rings. The number of hydrogen-bond donors (Lipinski definition) is 2. The molecule has 19 heavy (non-hydrogen) atoms. The first-order valence-electron chi connectivity index (χ1n) is 6.28. The molecule has 0 amide bonds. The van der Waals surface area contributed by atoms with Crippen LogP contribution in [-0.4, -0.2) is 28.5 Å². The number of hydrogen-bond acceptors (Lipinski definition) is 4. The topological polar surface area (TPSA) is 59.3 Å². The minimum Gasteiger partial charge on any atom is -0.507 e. The van der Waals surface area contributed by atoms with Crippen molar-refractivity contribution in [1.29, 1.82) is 0 Å². The Balaban J connectivity index is 1.90. The molecule has 5 nitrogen and oxygen atoms in total. The van der Waals surface area contributed by atoms with Gasteiger partial charge in [0.2, 0.25) is 0 Å². The molecule has 2 N–H and O–H groups in total. The van der Waals surface area contributed by atoms with E-state index in [2.05, 4.69) is 10.4 Å². The van der Waals surface area contributed by atoms with E-state index in [0.29, 0.717) is 5.75 Å². The van der Waals surface area contributed by atoms with Gasteiger partial charge in [-0.3, -0.25) is 4.68 Å². The molecule has 1 aromatic heterocycles. The average Bonchev–Trinajstić information content (AvgIpc) is 2.91. The van der Waals surface area contributed by atoms with E-state index < -0.39 is 0 Å². The summed E-state index contributed by atoms with van der Waals surface area (Å²) in [4.78, 5) is 0. The highest BCUT2D eigenvalue weighted by atomic mass is 16.5. The molecule has 0 bridgehead atoms. The normalized spacial score (nSPS) is 12.3. The molecule has 5 heteroatoms. The molecule has 0 aliphatic heterocycles. The number of aromatic nitrogens is 2. The number of phenolic OH excluding ortho intramolecular Hbond substituents is 1. The fourth-order valence-electron chi connectivity index (χ4n) is 1.95. The maximum atomic E-state index is 9.94. The smallest absolute Gasteiger partial charge is 0.124 e. The van der Waals surface area contributed by atoms with Gasteiger partial charge in [0.05, 0.1) is 13.7 Å². The summed E-state index contributed by atoms with van der Waals surface area (Å²) in [7, 11) is 1.58. The zero-order chi connectivity index (χ0) is 13.7. The standard InChI is InChI=1S/C14H19N3O2/c1-11(15-7-9-17-8-3-6-16-17)13-5-4-12(19-2)10-14(13)18/h3-6,8,10-11,15,18H,7,9H2,1-2H3. The molecule has 0 saturated carbocycles. The van der Waals surface area contributed by atoms with Crippen molar-refractivity contribution in [3.8, 4) is 11.5 Å². The molecule has 0 radical (unpaired) electrons. The van der Waals surface area contributed by atoms with Crippen molar-refractivity contribution in [2.24, 2.45) is 0 Å². The number of aromatic hydroxyl groups is 1. The second kappa shape index (κ2) is 6.24. The van der Waals surface area contributed by atoms with Crippen molar-refractivity contribution < 1.29 is 9.84 Å². The Bertz CT molecular complexity index is 511. The van der Waals surface area contributed by atoms with Gasteiger partial charge >= 0.3 is 0 Å². The first-order valence-corrected chi connectivity index (χ1v) is 6.28. The quantitative estimate of drug-likeness (QED) is 0.834. The number of phenols is 1. The van der Waals surface area contributed by atoms with Gasteiger partial charge in [0.25, 0.3) is 0 Å². The van der Waals surface area contributed by atoms with E-state index >= 15 is 0 Å². The molecule has 0 saturated heterocycles. The van der Waals surface area contributed by atoms with Gasteiger partial charge in [-0.15, -0.1) is 0 Å². The van der Waals surface area contributed by atoms with Crippen molar-refractivity contribution in [2.75, 3.05) is 13.7 Å². The van der Waals surface area contributed by atoms with Gasteiger partial charge in [0.1, 0.15) is 11.5 Å². The first kappa shape index (κ1) is 13.4. The van der Waals surface area contributed by atoms with Crippen LogP contribution in [0.4, 0.5) is 0 Å². The fraction of sp³-hybridized carbons (Fsp3) is 0.357. The zero-order valence-corrected chi connectivity index (χ0v) is 11.2. The first-order chi connectivity index (χ1) is 9.20. The van der Waals surface area contributed by atoms with E-state index in [-0.39, 0.29) is 11.8 Å². The van der Waals surface area contributed by atoms with Crippen LogP contribution < -0.4 is 10.1 Å². The lowest BCUT2D eigenvalue weighted by Crippen LogP contribution is -2.23. The third-order valence-electron chi connectivity index (χ3n) is 3.05. The maximum Gasteiger partial charge on any atom is 0.124 e. The molecule has 2 rings (SSSR count). The second-order valence-electron chi connectivity index (χ2n) is 4.37.